The molecule has 1 rings (SSSR count). The Bertz CT molecular complexity index is 307. The molecule has 1 aliphatic carbocycles. The highest BCUT2D eigenvalue weighted by atomic mass is 16.5. The molecule has 0 radical (unpaired) electrons. The molecule has 0 heterocycles. The van der Waals surface area contributed by atoms with Crippen molar-refractivity contribution in [2.75, 3.05) is 13.2 Å². The second kappa shape index (κ2) is 5.91. The second-order valence-electron chi connectivity index (χ2n) is 3.57. The lowest BCUT2D eigenvalue weighted by Crippen LogP contribution is -2.46. The summed E-state index contributed by atoms with van der Waals surface area (Å²) in [5.41, 5.74) is 0.190. The highest BCUT2D eigenvalue weighted by Crippen LogP contribution is 2.16. The average molecular weight is 228 g/mol. The molecular weight excluding hydrogens is 212 g/mol. The van der Waals surface area contributed by atoms with Gasteiger partial charge in [-0.3, -0.25) is 4.79 Å². The molecule has 0 saturated heterocycles. The summed E-state index contributed by atoms with van der Waals surface area (Å²) < 4.78 is 5.14. The van der Waals surface area contributed by atoms with Gasteiger partial charge in [-0.1, -0.05) is 12.2 Å². The van der Waals surface area contributed by atoms with E-state index >= 15 is 0 Å². The molecule has 5 heteroatoms. The summed E-state index contributed by atoms with van der Waals surface area (Å²) in [6, 6.07) is 0. The molecule has 3 unspecified atom stereocenters. The SMILES string of the molecule is C/C=C/COCC1=CC(O)C(O)C(O)C1=O. The molecule has 0 aromatic heterocycles. The van der Waals surface area contributed by atoms with E-state index < -0.39 is 24.1 Å². The molecule has 3 atom stereocenters. The fourth-order valence-electron chi connectivity index (χ4n) is 1.37. The number of aliphatic hydroxyl groups is 3. The molecule has 0 aromatic carbocycles. The van der Waals surface area contributed by atoms with Crippen LogP contribution in [0.2, 0.25) is 0 Å². The zero-order valence-corrected chi connectivity index (χ0v) is 9.04. The fraction of sp³-hybridized carbons (Fsp3) is 0.545. The van der Waals surface area contributed by atoms with Crippen LogP contribution in [0.5, 0.6) is 0 Å². The van der Waals surface area contributed by atoms with E-state index in [9.17, 15) is 20.1 Å². The van der Waals surface area contributed by atoms with Gasteiger partial charge in [0.15, 0.2) is 5.78 Å². The summed E-state index contributed by atoms with van der Waals surface area (Å²) in [6.45, 7) is 2.22. The van der Waals surface area contributed by atoms with Crippen LogP contribution in [-0.4, -0.2) is 52.6 Å². The van der Waals surface area contributed by atoms with Crippen LogP contribution in [0.15, 0.2) is 23.8 Å². The molecule has 0 amide bonds. The quantitative estimate of drug-likeness (QED) is 0.432. The average Bonchev–Trinajstić information content (AvgIpc) is 2.28. The minimum atomic E-state index is -1.57. The maximum Gasteiger partial charge on any atom is 0.192 e. The third-order valence-electron chi connectivity index (χ3n) is 2.34. The van der Waals surface area contributed by atoms with Crippen LogP contribution in [-0.2, 0) is 9.53 Å². The van der Waals surface area contributed by atoms with Gasteiger partial charge in [0, 0.05) is 5.57 Å². The number of Topliss-reactive ketones (excluding diaryl/α,β-unsaturated/α-hetero) is 1. The molecule has 90 valence electrons. The molecule has 0 spiro atoms. The van der Waals surface area contributed by atoms with E-state index in [4.69, 9.17) is 4.74 Å². The van der Waals surface area contributed by atoms with Crippen LogP contribution in [0.1, 0.15) is 6.92 Å². The molecule has 0 aliphatic heterocycles. The van der Waals surface area contributed by atoms with Crippen molar-refractivity contribution in [3.05, 3.63) is 23.8 Å². The predicted molar refractivity (Wildman–Crippen MR) is 56.7 cm³/mol. The van der Waals surface area contributed by atoms with E-state index in [1.54, 1.807) is 6.08 Å². The number of carbonyl (C=O) groups excluding carboxylic acids is 1. The van der Waals surface area contributed by atoms with Crippen molar-refractivity contribution in [2.45, 2.75) is 25.2 Å². The van der Waals surface area contributed by atoms with E-state index in [0.29, 0.717) is 6.61 Å². The molecule has 0 aromatic rings. The van der Waals surface area contributed by atoms with Crippen molar-refractivity contribution in [1.29, 1.82) is 0 Å². The van der Waals surface area contributed by atoms with Crippen LogP contribution < -0.4 is 0 Å². The number of hydrogen-bond donors (Lipinski definition) is 3. The van der Waals surface area contributed by atoms with Gasteiger partial charge in [-0.2, -0.15) is 0 Å². The molecular formula is C11H16O5. The van der Waals surface area contributed by atoms with Gasteiger partial charge in [-0.25, -0.2) is 0 Å². The van der Waals surface area contributed by atoms with Crippen LogP contribution in [0, 0.1) is 0 Å². The Morgan fingerprint density at radius 1 is 1.44 bits per heavy atom. The molecule has 16 heavy (non-hydrogen) atoms. The van der Waals surface area contributed by atoms with Crippen molar-refractivity contribution in [3.8, 4) is 0 Å². The Morgan fingerprint density at radius 3 is 2.75 bits per heavy atom. The van der Waals surface area contributed by atoms with Gasteiger partial charge >= 0.3 is 0 Å². The number of ketones is 1. The van der Waals surface area contributed by atoms with E-state index in [-0.39, 0.29) is 12.2 Å². The van der Waals surface area contributed by atoms with Gasteiger partial charge in [0.05, 0.1) is 13.2 Å². The summed E-state index contributed by atoms with van der Waals surface area (Å²) >= 11 is 0. The van der Waals surface area contributed by atoms with Gasteiger partial charge < -0.3 is 20.1 Å². The molecule has 0 bridgehead atoms. The Hall–Kier alpha value is -1.01. The zero-order valence-electron chi connectivity index (χ0n) is 9.04. The molecule has 3 N–H and O–H groups in total. The third-order valence-corrected chi connectivity index (χ3v) is 2.34. The molecule has 0 fully saturated rings. The van der Waals surface area contributed by atoms with Crippen LogP contribution in [0.4, 0.5) is 0 Å². The van der Waals surface area contributed by atoms with Gasteiger partial charge in [-0.15, -0.1) is 0 Å². The summed E-state index contributed by atoms with van der Waals surface area (Å²) in [4.78, 5) is 11.5. The smallest absolute Gasteiger partial charge is 0.192 e. The number of carbonyl (C=O) groups is 1. The van der Waals surface area contributed by atoms with Crippen molar-refractivity contribution in [1.82, 2.24) is 0 Å². The highest BCUT2D eigenvalue weighted by Gasteiger charge is 2.35. The molecule has 0 saturated carbocycles. The lowest BCUT2D eigenvalue weighted by atomic mass is 9.91. The normalized spacial score (nSPS) is 30.9. The maximum absolute atomic E-state index is 11.5. The first-order valence-electron chi connectivity index (χ1n) is 5.06. The van der Waals surface area contributed by atoms with Crippen LogP contribution in [0.3, 0.4) is 0 Å². The minimum absolute atomic E-state index is 0.0179. The first-order chi connectivity index (χ1) is 7.57. The monoisotopic (exact) mass is 228 g/mol. The van der Waals surface area contributed by atoms with Crippen molar-refractivity contribution >= 4 is 5.78 Å². The van der Waals surface area contributed by atoms with Gasteiger partial charge in [0.25, 0.3) is 0 Å². The lowest BCUT2D eigenvalue weighted by Gasteiger charge is -2.26. The second-order valence-corrected chi connectivity index (χ2v) is 3.57. The van der Waals surface area contributed by atoms with E-state index in [2.05, 4.69) is 0 Å². The first-order valence-corrected chi connectivity index (χ1v) is 5.06. The Labute approximate surface area is 93.7 Å². The standard InChI is InChI=1S/C11H16O5/c1-2-3-4-16-6-7-5-8(12)10(14)11(15)9(7)13/h2-3,5,8,10-12,14-15H,4,6H2,1H3/b3-2+. The highest BCUT2D eigenvalue weighted by molar-refractivity contribution is 6.00. The Balaban J connectivity index is 2.58. The number of hydrogen-bond acceptors (Lipinski definition) is 5. The largest absolute Gasteiger partial charge is 0.387 e. The van der Waals surface area contributed by atoms with E-state index in [0.717, 1.165) is 0 Å². The molecule has 1 aliphatic rings. The summed E-state index contributed by atoms with van der Waals surface area (Å²) in [5.74, 6) is -0.599. The van der Waals surface area contributed by atoms with Gasteiger partial charge in [-0.05, 0) is 13.0 Å². The van der Waals surface area contributed by atoms with Gasteiger partial charge in [0.1, 0.15) is 18.3 Å². The summed E-state index contributed by atoms with van der Waals surface area (Å²) in [5, 5.41) is 27.9. The summed E-state index contributed by atoms with van der Waals surface area (Å²) in [6.07, 6.45) is 0.551. The van der Waals surface area contributed by atoms with Crippen molar-refractivity contribution in [2.24, 2.45) is 0 Å². The summed E-state index contributed by atoms with van der Waals surface area (Å²) in [7, 11) is 0. The zero-order chi connectivity index (χ0) is 12.1. The number of ether oxygens (including phenoxy) is 1. The topological polar surface area (TPSA) is 87.0 Å². The minimum Gasteiger partial charge on any atom is -0.387 e. The third kappa shape index (κ3) is 2.99. The van der Waals surface area contributed by atoms with Crippen LogP contribution >= 0.6 is 0 Å². The Morgan fingerprint density at radius 2 is 2.12 bits per heavy atom. The van der Waals surface area contributed by atoms with Gasteiger partial charge in [0.2, 0.25) is 0 Å². The van der Waals surface area contributed by atoms with E-state index in [1.807, 2.05) is 13.0 Å². The van der Waals surface area contributed by atoms with Crippen LogP contribution in [0.25, 0.3) is 0 Å². The predicted octanol–water partition coefficient (Wildman–Crippen LogP) is -0.829. The number of aliphatic hydroxyl groups excluding tert-OH is 3. The molecule has 5 nitrogen and oxygen atoms in total. The van der Waals surface area contributed by atoms with E-state index in [1.165, 1.54) is 6.08 Å². The van der Waals surface area contributed by atoms with Crippen molar-refractivity contribution in [3.63, 3.8) is 0 Å². The maximum atomic E-state index is 11.5. The lowest BCUT2D eigenvalue weighted by molar-refractivity contribution is -0.135. The first kappa shape index (κ1) is 13.1. The fourth-order valence-corrected chi connectivity index (χ4v) is 1.37. The number of rotatable bonds is 4. The van der Waals surface area contributed by atoms with Crippen molar-refractivity contribution < 1.29 is 24.9 Å². The Kier molecular flexibility index (Phi) is 4.82. The number of allylic oxidation sites excluding steroid dienone is 1.